The van der Waals surface area contributed by atoms with Crippen molar-refractivity contribution in [1.82, 2.24) is 15.6 Å². The molecule has 2 unspecified atom stereocenters. The van der Waals surface area contributed by atoms with E-state index in [4.69, 9.17) is 0 Å². The van der Waals surface area contributed by atoms with Gasteiger partial charge in [-0.05, 0) is 80.5 Å². The molecule has 1 saturated carbocycles. The average molecular weight is 452 g/mol. The third-order valence-corrected chi connectivity index (χ3v) is 6.99. The fraction of sp³-hybridized carbons (Fsp3) is 0.385. The van der Waals surface area contributed by atoms with Crippen LogP contribution < -0.4 is 10.6 Å². The number of hydrogen-bond donors (Lipinski definition) is 2. The Kier molecular flexibility index (Phi) is 7.63. The minimum absolute atomic E-state index is 0.183. The molecule has 3 rings (SSSR count). The zero-order chi connectivity index (χ0) is 23.3. The second-order valence-electron chi connectivity index (χ2n) is 8.20. The molecule has 4 nitrogen and oxygen atoms in total. The van der Waals surface area contributed by atoms with Crippen LogP contribution in [0.5, 0.6) is 0 Å². The van der Waals surface area contributed by atoms with E-state index in [-0.39, 0.29) is 11.9 Å². The molecule has 1 amide bonds. The van der Waals surface area contributed by atoms with E-state index in [9.17, 15) is 9.18 Å². The molecule has 2 atom stereocenters. The van der Waals surface area contributed by atoms with Crippen molar-refractivity contribution >= 4 is 22.6 Å². The monoisotopic (exact) mass is 451 g/mol. The molecular weight excluding hydrogens is 421 g/mol. The number of pyridine rings is 1. The first-order valence-corrected chi connectivity index (χ1v) is 11.7. The highest BCUT2D eigenvalue weighted by atomic mass is 32.2. The molecule has 1 aliphatic heterocycles. The van der Waals surface area contributed by atoms with E-state index in [2.05, 4.69) is 33.7 Å². The Balaban J connectivity index is 1.70. The molecule has 2 aliphatic rings. The van der Waals surface area contributed by atoms with E-state index in [1.807, 2.05) is 31.2 Å². The fourth-order valence-electron chi connectivity index (χ4n) is 3.25. The molecule has 0 bridgehead atoms. The topological polar surface area (TPSA) is 54.0 Å². The van der Waals surface area contributed by atoms with Gasteiger partial charge in [0.15, 0.2) is 0 Å². The summed E-state index contributed by atoms with van der Waals surface area (Å²) in [6.07, 6.45) is 9.82. The lowest BCUT2D eigenvalue weighted by Gasteiger charge is -2.21. The van der Waals surface area contributed by atoms with E-state index < -0.39 is 5.67 Å². The molecule has 1 fully saturated rings. The van der Waals surface area contributed by atoms with Crippen LogP contribution in [0.2, 0.25) is 0 Å². The number of alkyl halides is 1. The second-order valence-corrected chi connectivity index (χ2v) is 9.29. The number of rotatable bonds is 9. The first kappa shape index (κ1) is 23.9. The molecule has 0 spiro atoms. The number of aromatic nitrogens is 1. The molecule has 32 heavy (non-hydrogen) atoms. The van der Waals surface area contributed by atoms with Crippen molar-refractivity contribution in [3.8, 4) is 0 Å². The number of thioether (sulfide) groups is 1. The van der Waals surface area contributed by atoms with Crippen LogP contribution in [0.3, 0.4) is 0 Å². The molecule has 6 heteroatoms. The van der Waals surface area contributed by atoms with E-state index in [0.29, 0.717) is 23.7 Å². The average Bonchev–Trinajstić information content (AvgIpc) is 3.65. The quantitative estimate of drug-likeness (QED) is 0.294. The third kappa shape index (κ3) is 5.72. The van der Waals surface area contributed by atoms with Crippen molar-refractivity contribution in [3.63, 3.8) is 0 Å². The lowest BCUT2D eigenvalue weighted by atomic mass is 9.99. The van der Waals surface area contributed by atoms with Crippen LogP contribution >= 0.6 is 11.8 Å². The number of halogens is 1. The van der Waals surface area contributed by atoms with Gasteiger partial charge in [-0.1, -0.05) is 25.3 Å². The van der Waals surface area contributed by atoms with Gasteiger partial charge in [0, 0.05) is 18.1 Å². The highest BCUT2D eigenvalue weighted by molar-refractivity contribution is 8.11. The molecule has 0 aromatic carbocycles. The minimum atomic E-state index is -1.48. The van der Waals surface area contributed by atoms with Gasteiger partial charge in [-0.2, -0.15) is 0 Å². The zero-order valence-corrected chi connectivity index (χ0v) is 19.9. The number of hydrogen-bond acceptors (Lipinski definition) is 4. The maximum atomic E-state index is 14.7. The predicted octanol–water partition coefficient (Wildman–Crippen LogP) is 5.53. The number of amides is 1. The molecule has 2 heterocycles. The predicted molar refractivity (Wildman–Crippen MR) is 130 cm³/mol. The third-order valence-electron chi connectivity index (χ3n) is 5.71. The highest BCUT2D eigenvalue weighted by Crippen LogP contribution is 2.39. The number of carbonyl (C=O) groups excluding carboxylic acids is 1. The lowest BCUT2D eigenvalue weighted by molar-refractivity contribution is -0.118. The summed E-state index contributed by atoms with van der Waals surface area (Å²) in [4.78, 5) is 18.9. The van der Waals surface area contributed by atoms with Gasteiger partial charge in [0.1, 0.15) is 11.4 Å². The molecule has 168 valence electrons. The first-order chi connectivity index (χ1) is 15.3. The Hall–Kier alpha value is -2.78. The van der Waals surface area contributed by atoms with Gasteiger partial charge in [0.05, 0.1) is 16.6 Å². The molecule has 2 N–H and O–H groups in total. The van der Waals surface area contributed by atoms with Gasteiger partial charge in [-0.25, -0.2) is 4.39 Å². The largest absolute Gasteiger partial charge is 0.384 e. The van der Waals surface area contributed by atoms with E-state index >= 15 is 0 Å². The summed E-state index contributed by atoms with van der Waals surface area (Å²) in [6, 6.07) is 3.42. The summed E-state index contributed by atoms with van der Waals surface area (Å²) >= 11 is 1.52. The highest BCUT2D eigenvalue weighted by Gasteiger charge is 2.27. The van der Waals surface area contributed by atoms with Crippen LogP contribution in [0, 0.1) is 5.92 Å². The SMILES string of the molecule is C=C=C(/C=C(\NC)C(=O)NC(C)C1=CC=C=C(c2ccnc(C(C)(F)CC)c2)S1)C1CC1. The lowest BCUT2D eigenvalue weighted by Crippen LogP contribution is -2.37. The van der Waals surface area contributed by atoms with Crippen molar-refractivity contribution in [2.45, 2.75) is 51.7 Å². The smallest absolute Gasteiger partial charge is 0.267 e. The molecular formula is C26H30FN3OS. The zero-order valence-electron chi connectivity index (χ0n) is 19.1. The number of carbonyl (C=O) groups is 1. The van der Waals surface area contributed by atoms with Crippen molar-refractivity contribution in [2.75, 3.05) is 7.05 Å². The van der Waals surface area contributed by atoms with Gasteiger partial charge in [0.25, 0.3) is 5.91 Å². The van der Waals surface area contributed by atoms with Crippen LogP contribution in [0.25, 0.3) is 4.91 Å². The summed E-state index contributed by atoms with van der Waals surface area (Å²) in [5.41, 5.74) is 7.43. The van der Waals surface area contributed by atoms with E-state index in [0.717, 1.165) is 33.8 Å². The summed E-state index contributed by atoms with van der Waals surface area (Å²) in [5.74, 6) is 0.275. The van der Waals surface area contributed by atoms with Crippen molar-refractivity contribution < 1.29 is 9.18 Å². The Morgan fingerprint density at radius 3 is 2.91 bits per heavy atom. The fourth-order valence-corrected chi connectivity index (χ4v) is 4.23. The maximum Gasteiger partial charge on any atom is 0.267 e. The van der Waals surface area contributed by atoms with Crippen molar-refractivity contribution in [2.24, 2.45) is 5.92 Å². The number of likely N-dealkylation sites (N-methyl/N-ethyl adjacent to an activating group) is 1. The van der Waals surface area contributed by atoms with Crippen molar-refractivity contribution in [1.29, 1.82) is 0 Å². The second kappa shape index (κ2) is 10.2. The van der Waals surface area contributed by atoms with Gasteiger partial charge < -0.3 is 10.6 Å². The van der Waals surface area contributed by atoms with E-state index in [1.165, 1.54) is 11.8 Å². The standard InChI is InChI=1S/C26H30FN3OS/c1-6-18(19-11-12-19)15-21(28-5)25(31)30-17(3)22-9-8-10-23(32-22)20-13-14-29-24(16-20)26(4,27)7-2/h8-9,13-17,19,28H,1,7,11-12H2,2-5H3,(H,30,31)/b21-15-. The summed E-state index contributed by atoms with van der Waals surface area (Å²) in [7, 11) is 1.73. The van der Waals surface area contributed by atoms with Crippen molar-refractivity contribution in [3.05, 3.63) is 82.0 Å². The van der Waals surface area contributed by atoms with Gasteiger partial charge in [0.2, 0.25) is 0 Å². The van der Waals surface area contributed by atoms with Crippen LogP contribution in [0.4, 0.5) is 4.39 Å². The maximum absolute atomic E-state index is 14.7. The van der Waals surface area contributed by atoms with Crippen LogP contribution in [-0.2, 0) is 10.5 Å². The summed E-state index contributed by atoms with van der Waals surface area (Å²) in [5, 5.41) is 6.04. The molecule has 1 aromatic rings. The van der Waals surface area contributed by atoms with Gasteiger partial charge >= 0.3 is 0 Å². The van der Waals surface area contributed by atoms with E-state index in [1.54, 1.807) is 33.2 Å². The Morgan fingerprint density at radius 1 is 1.53 bits per heavy atom. The summed E-state index contributed by atoms with van der Waals surface area (Å²) in [6.45, 7) is 9.04. The van der Waals surface area contributed by atoms with Gasteiger partial charge in [-0.15, -0.1) is 11.5 Å². The Labute approximate surface area is 194 Å². The minimum Gasteiger partial charge on any atom is -0.384 e. The normalized spacial score (nSPS) is 18.6. The number of allylic oxidation sites excluding steroid dienone is 4. The first-order valence-electron chi connectivity index (χ1n) is 10.9. The molecule has 0 saturated heterocycles. The molecule has 1 aliphatic carbocycles. The molecule has 0 radical (unpaired) electrons. The van der Waals surface area contributed by atoms with Gasteiger partial charge in [-0.3, -0.25) is 9.78 Å². The Morgan fingerprint density at radius 2 is 2.28 bits per heavy atom. The number of nitrogens with one attached hydrogen (secondary N) is 2. The number of nitrogens with zero attached hydrogens (tertiary/aromatic N) is 1. The van der Waals surface area contributed by atoms with Crippen LogP contribution in [0.1, 0.15) is 51.3 Å². The summed E-state index contributed by atoms with van der Waals surface area (Å²) < 4.78 is 14.7. The molecule has 1 aromatic heterocycles. The Bertz CT molecular complexity index is 1070. The van der Waals surface area contributed by atoms with Crippen LogP contribution in [-0.4, -0.2) is 24.0 Å². The van der Waals surface area contributed by atoms with Crippen LogP contribution in [0.15, 0.2) is 70.8 Å².